The summed E-state index contributed by atoms with van der Waals surface area (Å²) in [6, 6.07) is 0. The highest BCUT2D eigenvalue weighted by atomic mass is 79.9. The molecule has 0 saturated carbocycles. The predicted molar refractivity (Wildman–Crippen MR) is 57.0 cm³/mol. The third kappa shape index (κ3) is 1.50. The lowest BCUT2D eigenvalue weighted by Crippen LogP contribution is -2.04. The van der Waals surface area contributed by atoms with Crippen LogP contribution in [-0.2, 0) is 0 Å². The number of phenolic OH excluding ortho intramolecular Hbond substituents is 1. The third-order valence-electron chi connectivity index (χ3n) is 2.41. The van der Waals surface area contributed by atoms with Gasteiger partial charge in [-0.1, -0.05) is 0 Å². The van der Waals surface area contributed by atoms with E-state index >= 15 is 0 Å². The Morgan fingerprint density at radius 2 is 1.64 bits per heavy atom. The fraction of sp³-hybridized carbons (Fsp3) is 0.300. The fourth-order valence-electron chi connectivity index (χ4n) is 1.36. The number of halogens is 1. The van der Waals surface area contributed by atoms with Crippen LogP contribution >= 0.6 is 15.9 Å². The molecule has 0 amide bonds. The normalized spacial score (nSPS) is 10.3. The van der Waals surface area contributed by atoms with Gasteiger partial charge in [0.25, 0.3) is 0 Å². The maximum atomic E-state index is 10.9. The molecule has 0 aromatic heterocycles. The molecule has 0 heterocycles. The summed E-state index contributed by atoms with van der Waals surface area (Å²) in [5.74, 6) is -0.833. The summed E-state index contributed by atoms with van der Waals surface area (Å²) in [6.07, 6.45) is 0. The third-order valence-corrected chi connectivity index (χ3v) is 3.40. The molecule has 0 atom stereocenters. The van der Waals surface area contributed by atoms with Crippen molar-refractivity contribution in [2.24, 2.45) is 0 Å². The van der Waals surface area contributed by atoms with Crippen molar-refractivity contribution in [1.82, 2.24) is 0 Å². The summed E-state index contributed by atoms with van der Waals surface area (Å²) >= 11 is 3.18. The van der Waals surface area contributed by atoms with Gasteiger partial charge in [0, 0.05) is 10.0 Å². The number of phenols is 1. The van der Waals surface area contributed by atoms with Crippen molar-refractivity contribution in [3.63, 3.8) is 0 Å². The minimum Gasteiger partial charge on any atom is -0.507 e. The van der Waals surface area contributed by atoms with Crippen molar-refractivity contribution in [3.8, 4) is 5.75 Å². The minimum atomic E-state index is -0.986. The second-order valence-electron chi connectivity index (χ2n) is 3.22. The van der Waals surface area contributed by atoms with Crippen LogP contribution in [0.5, 0.6) is 5.75 Å². The fourth-order valence-corrected chi connectivity index (χ4v) is 2.01. The smallest absolute Gasteiger partial charge is 0.337 e. The van der Waals surface area contributed by atoms with E-state index in [0.717, 1.165) is 0 Å². The van der Waals surface area contributed by atoms with Crippen LogP contribution in [-0.4, -0.2) is 16.2 Å². The highest BCUT2D eigenvalue weighted by Gasteiger charge is 2.19. The van der Waals surface area contributed by atoms with Gasteiger partial charge in [-0.15, -0.1) is 0 Å². The molecular weight excluding hydrogens is 248 g/mol. The zero-order valence-electron chi connectivity index (χ0n) is 8.18. The molecule has 4 heteroatoms. The molecule has 76 valence electrons. The Balaban J connectivity index is 3.68. The van der Waals surface area contributed by atoms with Crippen molar-refractivity contribution in [2.75, 3.05) is 0 Å². The van der Waals surface area contributed by atoms with E-state index in [4.69, 9.17) is 5.11 Å². The van der Waals surface area contributed by atoms with E-state index in [1.54, 1.807) is 20.8 Å². The van der Waals surface area contributed by atoms with E-state index in [1.807, 2.05) is 0 Å². The van der Waals surface area contributed by atoms with Gasteiger partial charge in [-0.3, -0.25) is 0 Å². The van der Waals surface area contributed by atoms with E-state index in [-0.39, 0.29) is 11.3 Å². The first-order valence-corrected chi connectivity index (χ1v) is 4.88. The van der Waals surface area contributed by atoms with Gasteiger partial charge in [0.2, 0.25) is 0 Å². The summed E-state index contributed by atoms with van der Waals surface area (Å²) < 4.78 is 0.450. The molecule has 1 aromatic carbocycles. The number of benzene rings is 1. The molecular formula is C10H11BrO3. The van der Waals surface area contributed by atoms with Crippen LogP contribution in [0, 0.1) is 20.8 Å². The van der Waals surface area contributed by atoms with E-state index in [2.05, 4.69) is 15.9 Å². The summed E-state index contributed by atoms with van der Waals surface area (Å²) in [6.45, 7) is 5.07. The summed E-state index contributed by atoms with van der Waals surface area (Å²) in [7, 11) is 0. The van der Waals surface area contributed by atoms with Gasteiger partial charge in [0.1, 0.15) is 5.75 Å². The molecule has 14 heavy (non-hydrogen) atoms. The van der Waals surface area contributed by atoms with Crippen LogP contribution in [0.4, 0.5) is 0 Å². The number of aromatic hydroxyl groups is 1. The van der Waals surface area contributed by atoms with Gasteiger partial charge in [0.15, 0.2) is 0 Å². The molecule has 0 unspecified atom stereocenters. The average molecular weight is 259 g/mol. The molecule has 2 N–H and O–H groups in total. The standard InChI is InChI=1S/C10H11BrO3/c1-4-5(2)9(12)6(3)8(11)7(4)10(13)14/h12H,1-3H3,(H,13,14). The minimum absolute atomic E-state index is 0.152. The van der Waals surface area contributed by atoms with Crippen molar-refractivity contribution >= 4 is 21.9 Å². The lowest BCUT2D eigenvalue weighted by molar-refractivity contribution is 0.0695. The molecule has 0 aliphatic rings. The number of hydrogen-bond donors (Lipinski definition) is 2. The molecule has 3 nitrogen and oxygen atoms in total. The Morgan fingerprint density at radius 3 is 2.07 bits per heavy atom. The monoisotopic (exact) mass is 258 g/mol. The second kappa shape index (κ2) is 3.61. The van der Waals surface area contributed by atoms with Crippen LogP contribution in [0.2, 0.25) is 0 Å². The van der Waals surface area contributed by atoms with E-state index in [0.29, 0.717) is 21.2 Å². The van der Waals surface area contributed by atoms with Crippen LogP contribution in [0.25, 0.3) is 0 Å². The number of hydrogen-bond acceptors (Lipinski definition) is 2. The first kappa shape index (κ1) is 11.0. The van der Waals surface area contributed by atoms with Gasteiger partial charge < -0.3 is 10.2 Å². The van der Waals surface area contributed by atoms with Crippen LogP contribution in [0.3, 0.4) is 0 Å². The predicted octanol–water partition coefficient (Wildman–Crippen LogP) is 2.78. The zero-order valence-corrected chi connectivity index (χ0v) is 9.77. The molecule has 0 saturated heterocycles. The highest BCUT2D eigenvalue weighted by Crippen LogP contribution is 2.35. The quantitative estimate of drug-likeness (QED) is 0.815. The van der Waals surface area contributed by atoms with Crippen LogP contribution in [0.15, 0.2) is 4.47 Å². The Kier molecular flexibility index (Phi) is 2.85. The van der Waals surface area contributed by atoms with Gasteiger partial charge in [-0.05, 0) is 47.8 Å². The molecule has 1 aromatic rings. The number of carboxylic acid groups (broad SMARTS) is 1. The van der Waals surface area contributed by atoms with Crippen LogP contribution < -0.4 is 0 Å². The lowest BCUT2D eigenvalue weighted by Gasteiger charge is -2.12. The van der Waals surface area contributed by atoms with Gasteiger partial charge in [-0.25, -0.2) is 4.79 Å². The number of aromatic carboxylic acids is 1. The highest BCUT2D eigenvalue weighted by molar-refractivity contribution is 9.10. The first-order chi connectivity index (χ1) is 6.37. The number of carbonyl (C=O) groups is 1. The Hall–Kier alpha value is -1.03. The van der Waals surface area contributed by atoms with E-state index in [9.17, 15) is 9.90 Å². The van der Waals surface area contributed by atoms with Crippen molar-refractivity contribution in [2.45, 2.75) is 20.8 Å². The van der Waals surface area contributed by atoms with Crippen LogP contribution in [0.1, 0.15) is 27.0 Å². The van der Waals surface area contributed by atoms with Gasteiger partial charge >= 0.3 is 5.97 Å². The number of rotatable bonds is 1. The molecule has 0 radical (unpaired) electrons. The molecule has 0 spiro atoms. The van der Waals surface area contributed by atoms with Gasteiger partial charge in [-0.2, -0.15) is 0 Å². The van der Waals surface area contributed by atoms with Gasteiger partial charge in [0.05, 0.1) is 5.56 Å². The largest absolute Gasteiger partial charge is 0.507 e. The number of carboxylic acids is 1. The Labute approximate surface area is 90.5 Å². The topological polar surface area (TPSA) is 57.5 Å². The molecule has 0 fully saturated rings. The maximum absolute atomic E-state index is 10.9. The Bertz CT molecular complexity index is 381. The lowest BCUT2D eigenvalue weighted by atomic mass is 9.99. The van der Waals surface area contributed by atoms with Crippen molar-refractivity contribution in [1.29, 1.82) is 0 Å². The SMILES string of the molecule is Cc1c(C)c(C(=O)O)c(Br)c(C)c1O. The maximum Gasteiger partial charge on any atom is 0.337 e. The summed E-state index contributed by atoms with van der Waals surface area (Å²) in [5, 5.41) is 18.6. The first-order valence-electron chi connectivity index (χ1n) is 4.09. The Morgan fingerprint density at radius 1 is 1.14 bits per heavy atom. The zero-order chi connectivity index (χ0) is 11.0. The van der Waals surface area contributed by atoms with E-state index < -0.39 is 5.97 Å². The van der Waals surface area contributed by atoms with Crippen molar-refractivity contribution < 1.29 is 15.0 Å². The molecule has 0 aliphatic heterocycles. The molecule has 0 aliphatic carbocycles. The van der Waals surface area contributed by atoms with E-state index in [1.165, 1.54) is 0 Å². The summed E-state index contributed by atoms with van der Waals surface area (Å²) in [5.41, 5.74) is 1.99. The van der Waals surface area contributed by atoms with Crippen molar-refractivity contribution in [3.05, 3.63) is 26.7 Å². The second-order valence-corrected chi connectivity index (χ2v) is 4.01. The molecule has 0 bridgehead atoms. The molecule has 1 rings (SSSR count). The average Bonchev–Trinajstić information content (AvgIpc) is 2.11. The summed E-state index contributed by atoms with van der Waals surface area (Å²) in [4.78, 5) is 10.9.